The average Bonchev–Trinajstić information content (AvgIpc) is 3.10. The van der Waals surface area contributed by atoms with Gasteiger partial charge in [0, 0.05) is 31.9 Å². The lowest BCUT2D eigenvalue weighted by Gasteiger charge is -2.24. The molecule has 1 heterocycles. The summed E-state index contributed by atoms with van der Waals surface area (Å²) in [5, 5.41) is 11.9. The van der Waals surface area contributed by atoms with Gasteiger partial charge < -0.3 is 15.3 Å². The largest absolute Gasteiger partial charge is 0.396 e. The molecule has 0 aliphatic rings. The van der Waals surface area contributed by atoms with Gasteiger partial charge in [-0.15, -0.1) is 0 Å². The van der Waals surface area contributed by atoms with E-state index in [4.69, 9.17) is 5.11 Å². The van der Waals surface area contributed by atoms with Gasteiger partial charge in [0.1, 0.15) is 6.33 Å². The van der Waals surface area contributed by atoms with E-state index in [-0.39, 0.29) is 18.7 Å². The molecular weight excluding hydrogens is 328 g/mol. The molecule has 0 spiro atoms. The topological polar surface area (TPSA) is 70.4 Å². The Hall–Kier alpha value is -2.86. The summed E-state index contributed by atoms with van der Waals surface area (Å²) >= 11 is 0. The first-order valence-electron chi connectivity index (χ1n) is 8.73. The van der Waals surface area contributed by atoms with Gasteiger partial charge in [-0.3, -0.25) is 4.57 Å². The Bertz CT molecular complexity index is 873. The fourth-order valence-electron chi connectivity index (χ4n) is 2.82. The van der Waals surface area contributed by atoms with Crippen molar-refractivity contribution in [2.75, 3.05) is 13.7 Å². The zero-order valence-corrected chi connectivity index (χ0v) is 15.1. The fourth-order valence-corrected chi connectivity index (χ4v) is 2.82. The van der Waals surface area contributed by atoms with E-state index in [1.807, 2.05) is 66.3 Å². The third-order valence-electron chi connectivity index (χ3n) is 4.64. The number of fused-ring (bicyclic) bond motifs is 1. The lowest BCUT2D eigenvalue weighted by molar-refractivity contribution is 0.178. The number of amides is 2. The number of benzene rings is 2. The third kappa shape index (κ3) is 3.86. The predicted octanol–water partition coefficient (Wildman–Crippen LogP) is 2.94. The van der Waals surface area contributed by atoms with E-state index in [0.29, 0.717) is 13.0 Å². The van der Waals surface area contributed by atoms with Crippen molar-refractivity contribution in [3.63, 3.8) is 0 Å². The standard InChI is InChI=1S/C20H24N4O2/c1-15(11-12-25)23(2)20(26)21-13-16-7-9-17(10-8-16)24-14-22-18-5-3-4-6-19(18)24/h3-10,14-15,25H,11-13H2,1-2H3,(H,21,26). The molecule has 136 valence electrons. The summed E-state index contributed by atoms with van der Waals surface area (Å²) in [7, 11) is 1.74. The molecule has 6 nitrogen and oxygen atoms in total. The maximum absolute atomic E-state index is 12.2. The average molecular weight is 352 g/mol. The zero-order chi connectivity index (χ0) is 18.5. The number of aliphatic hydroxyl groups is 1. The minimum absolute atomic E-state index is 0.00287. The lowest BCUT2D eigenvalue weighted by atomic mass is 10.2. The minimum Gasteiger partial charge on any atom is -0.396 e. The van der Waals surface area contributed by atoms with Crippen LogP contribution in [0.25, 0.3) is 16.7 Å². The Morgan fingerprint density at radius 1 is 1.23 bits per heavy atom. The molecule has 0 saturated carbocycles. The van der Waals surface area contributed by atoms with E-state index in [0.717, 1.165) is 22.3 Å². The van der Waals surface area contributed by atoms with E-state index in [9.17, 15) is 4.79 Å². The second-order valence-corrected chi connectivity index (χ2v) is 6.40. The summed E-state index contributed by atoms with van der Waals surface area (Å²) in [6.45, 7) is 2.45. The Morgan fingerprint density at radius 2 is 1.96 bits per heavy atom. The van der Waals surface area contributed by atoms with Crippen LogP contribution in [0.1, 0.15) is 18.9 Å². The second-order valence-electron chi connectivity index (χ2n) is 6.40. The highest BCUT2D eigenvalue weighted by molar-refractivity contribution is 5.77. The fraction of sp³-hybridized carbons (Fsp3) is 0.300. The first-order chi connectivity index (χ1) is 12.6. The molecule has 1 unspecified atom stereocenters. The summed E-state index contributed by atoms with van der Waals surface area (Å²) in [5.74, 6) is 0. The number of para-hydroxylation sites is 2. The van der Waals surface area contributed by atoms with Crippen LogP contribution in [-0.4, -0.2) is 45.3 Å². The van der Waals surface area contributed by atoms with E-state index in [1.165, 1.54) is 0 Å². The number of carbonyl (C=O) groups excluding carboxylic acids is 1. The molecule has 0 aliphatic carbocycles. The van der Waals surface area contributed by atoms with Crippen LogP contribution >= 0.6 is 0 Å². The molecule has 2 N–H and O–H groups in total. The number of nitrogens with zero attached hydrogens (tertiary/aromatic N) is 3. The highest BCUT2D eigenvalue weighted by atomic mass is 16.3. The molecule has 1 atom stereocenters. The number of imidazole rings is 1. The number of aliphatic hydroxyl groups excluding tert-OH is 1. The molecule has 3 rings (SSSR count). The van der Waals surface area contributed by atoms with E-state index in [2.05, 4.69) is 10.3 Å². The Morgan fingerprint density at radius 3 is 2.69 bits per heavy atom. The molecule has 26 heavy (non-hydrogen) atoms. The van der Waals surface area contributed by atoms with Crippen LogP contribution < -0.4 is 5.32 Å². The van der Waals surface area contributed by atoms with Crippen LogP contribution in [0, 0.1) is 0 Å². The minimum atomic E-state index is -0.143. The van der Waals surface area contributed by atoms with Crippen LogP contribution in [-0.2, 0) is 6.54 Å². The SMILES string of the molecule is CC(CCO)N(C)C(=O)NCc1ccc(-n2cnc3ccccc32)cc1. The van der Waals surface area contributed by atoms with E-state index < -0.39 is 0 Å². The number of nitrogens with one attached hydrogen (secondary N) is 1. The monoisotopic (exact) mass is 352 g/mol. The highest BCUT2D eigenvalue weighted by Crippen LogP contribution is 2.18. The maximum Gasteiger partial charge on any atom is 0.317 e. The number of urea groups is 1. The molecule has 0 fully saturated rings. The number of hydrogen-bond acceptors (Lipinski definition) is 3. The zero-order valence-electron chi connectivity index (χ0n) is 15.1. The molecule has 2 aromatic carbocycles. The second kappa shape index (κ2) is 8.01. The molecule has 0 radical (unpaired) electrons. The smallest absolute Gasteiger partial charge is 0.317 e. The van der Waals surface area contributed by atoms with Crippen molar-refractivity contribution in [2.45, 2.75) is 25.9 Å². The molecule has 3 aromatic rings. The predicted molar refractivity (Wildman–Crippen MR) is 102 cm³/mol. The van der Waals surface area contributed by atoms with Gasteiger partial charge >= 0.3 is 6.03 Å². The van der Waals surface area contributed by atoms with Crippen LogP contribution in [0.4, 0.5) is 4.79 Å². The highest BCUT2D eigenvalue weighted by Gasteiger charge is 2.14. The molecular formula is C20H24N4O2. The van der Waals surface area contributed by atoms with Gasteiger partial charge in [0.2, 0.25) is 0 Å². The Kier molecular flexibility index (Phi) is 5.53. The lowest BCUT2D eigenvalue weighted by Crippen LogP contribution is -2.42. The number of rotatable bonds is 6. The molecule has 1 aromatic heterocycles. The van der Waals surface area contributed by atoms with Crippen LogP contribution in [0.2, 0.25) is 0 Å². The van der Waals surface area contributed by atoms with Crippen molar-refractivity contribution in [1.29, 1.82) is 0 Å². The van der Waals surface area contributed by atoms with Crippen LogP contribution in [0.15, 0.2) is 54.9 Å². The normalized spacial score (nSPS) is 12.1. The quantitative estimate of drug-likeness (QED) is 0.716. The van der Waals surface area contributed by atoms with Crippen molar-refractivity contribution < 1.29 is 9.90 Å². The summed E-state index contributed by atoms with van der Waals surface area (Å²) in [5.41, 5.74) is 4.08. The first kappa shape index (κ1) is 17.9. The van der Waals surface area contributed by atoms with Gasteiger partial charge in [-0.2, -0.15) is 0 Å². The summed E-state index contributed by atoms with van der Waals surface area (Å²) < 4.78 is 2.04. The Balaban J connectivity index is 1.64. The van der Waals surface area contributed by atoms with Crippen molar-refractivity contribution in [2.24, 2.45) is 0 Å². The van der Waals surface area contributed by atoms with Gasteiger partial charge in [-0.25, -0.2) is 9.78 Å². The molecule has 6 heteroatoms. The number of carbonyl (C=O) groups is 1. The van der Waals surface area contributed by atoms with Gasteiger partial charge in [0.05, 0.1) is 11.0 Å². The third-order valence-corrected chi connectivity index (χ3v) is 4.64. The van der Waals surface area contributed by atoms with Crippen LogP contribution in [0.3, 0.4) is 0 Å². The number of aromatic nitrogens is 2. The van der Waals surface area contributed by atoms with Gasteiger partial charge in [0.25, 0.3) is 0 Å². The van der Waals surface area contributed by atoms with Crippen LogP contribution in [0.5, 0.6) is 0 Å². The maximum atomic E-state index is 12.2. The van der Waals surface area contributed by atoms with E-state index >= 15 is 0 Å². The summed E-state index contributed by atoms with van der Waals surface area (Å²) in [4.78, 5) is 18.2. The van der Waals surface area contributed by atoms with Gasteiger partial charge in [-0.1, -0.05) is 24.3 Å². The van der Waals surface area contributed by atoms with Gasteiger partial charge in [-0.05, 0) is 43.2 Å². The first-order valence-corrected chi connectivity index (χ1v) is 8.73. The summed E-state index contributed by atoms with van der Waals surface area (Å²) in [6.07, 6.45) is 2.39. The van der Waals surface area contributed by atoms with Crippen molar-refractivity contribution >= 4 is 17.1 Å². The molecule has 0 bridgehead atoms. The molecule has 2 amide bonds. The van der Waals surface area contributed by atoms with Crippen molar-refractivity contribution in [3.05, 3.63) is 60.4 Å². The molecule has 0 aliphatic heterocycles. The summed E-state index contributed by atoms with van der Waals surface area (Å²) in [6, 6.07) is 15.9. The van der Waals surface area contributed by atoms with Crippen molar-refractivity contribution in [1.82, 2.24) is 19.8 Å². The van der Waals surface area contributed by atoms with E-state index in [1.54, 1.807) is 11.9 Å². The van der Waals surface area contributed by atoms with Gasteiger partial charge in [0.15, 0.2) is 0 Å². The Labute approximate surface area is 153 Å². The number of hydrogen-bond donors (Lipinski definition) is 2. The van der Waals surface area contributed by atoms with Crippen molar-refractivity contribution in [3.8, 4) is 5.69 Å². The molecule has 0 saturated heterocycles.